The smallest absolute Gasteiger partial charge is 0.163 e. The number of nitrogens with zero attached hydrogens (tertiary/aromatic N) is 3. The lowest BCUT2D eigenvalue weighted by Gasteiger charge is -2.38. The zero-order valence-electron chi connectivity index (χ0n) is 10.3. The molecule has 0 amide bonds. The molecule has 0 atom stereocenters. The minimum absolute atomic E-state index is 0.0620. The lowest BCUT2D eigenvalue weighted by Crippen LogP contribution is -2.58. The lowest BCUT2D eigenvalue weighted by molar-refractivity contribution is -0.0794. The number of hydrogen-bond acceptors (Lipinski definition) is 4. The minimum atomic E-state index is -0.0620. The average molecular weight is 244 g/mol. The van der Waals surface area contributed by atoms with Crippen molar-refractivity contribution in [1.29, 1.82) is 0 Å². The number of aromatic nitrogens is 3. The topological polar surface area (TPSA) is 52.0 Å². The van der Waals surface area contributed by atoms with E-state index in [9.17, 15) is 0 Å². The first kappa shape index (κ1) is 11.4. The van der Waals surface area contributed by atoms with E-state index >= 15 is 0 Å². The van der Waals surface area contributed by atoms with Crippen LogP contribution in [0.5, 0.6) is 0 Å². The van der Waals surface area contributed by atoms with Crippen LogP contribution in [0.4, 0.5) is 0 Å². The first-order valence-corrected chi connectivity index (χ1v) is 6.06. The molecule has 0 bridgehead atoms. The molecular formula is C13H16N4O. The summed E-state index contributed by atoms with van der Waals surface area (Å²) in [5.41, 5.74) is 0.992. The van der Waals surface area contributed by atoms with Gasteiger partial charge >= 0.3 is 0 Å². The first-order valence-electron chi connectivity index (χ1n) is 6.06. The Hall–Kier alpha value is -1.72. The van der Waals surface area contributed by atoms with Crippen LogP contribution >= 0.6 is 0 Å². The van der Waals surface area contributed by atoms with Gasteiger partial charge in [0.05, 0.1) is 5.60 Å². The third-order valence-corrected chi connectivity index (χ3v) is 3.20. The Morgan fingerprint density at radius 2 is 2.11 bits per heavy atom. The number of benzene rings is 1. The summed E-state index contributed by atoms with van der Waals surface area (Å²) in [6.45, 7) is 4.37. The minimum Gasteiger partial charge on any atom is -0.365 e. The molecule has 1 aliphatic heterocycles. The summed E-state index contributed by atoms with van der Waals surface area (Å²) >= 11 is 0. The fourth-order valence-corrected chi connectivity index (χ4v) is 1.98. The Morgan fingerprint density at radius 3 is 2.78 bits per heavy atom. The summed E-state index contributed by atoms with van der Waals surface area (Å²) in [6.07, 6.45) is 1.72. The van der Waals surface area contributed by atoms with Gasteiger partial charge < -0.3 is 10.1 Å². The van der Waals surface area contributed by atoms with E-state index in [2.05, 4.69) is 22.4 Å². The van der Waals surface area contributed by atoms with Crippen molar-refractivity contribution in [3.63, 3.8) is 0 Å². The molecule has 1 N–H and O–H groups in total. The number of ether oxygens (including phenoxy) is 1. The molecule has 5 nitrogen and oxygen atoms in total. The van der Waals surface area contributed by atoms with E-state index in [-0.39, 0.29) is 5.60 Å². The molecular weight excluding hydrogens is 228 g/mol. The first-order chi connectivity index (χ1) is 8.77. The second-order valence-electron chi connectivity index (χ2n) is 4.79. The molecule has 2 aromatic rings. The van der Waals surface area contributed by atoms with E-state index in [1.165, 1.54) is 0 Å². The largest absolute Gasteiger partial charge is 0.365 e. The Bertz CT molecular complexity index is 519. The van der Waals surface area contributed by atoms with Crippen LogP contribution in [0, 0.1) is 0 Å². The van der Waals surface area contributed by atoms with E-state index in [1.54, 1.807) is 6.33 Å². The second kappa shape index (κ2) is 4.51. The highest BCUT2D eigenvalue weighted by molar-refractivity contribution is 5.31. The third-order valence-electron chi connectivity index (χ3n) is 3.20. The van der Waals surface area contributed by atoms with Crippen LogP contribution in [0.3, 0.4) is 0 Å². The molecule has 0 aliphatic carbocycles. The van der Waals surface area contributed by atoms with Gasteiger partial charge in [-0.05, 0) is 19.1 Å². The van der Waals surface area contributed by atoms with Crippen LogP contribution in [0.25, 0.3) is 5.69 Å². The summed E-state index contributed by atoms with van der Waals surface area (Å²) in [5.74, 6) is 0.828. The van der Waals surface area contributed by atoms with Crippen LogP contribution in [0.15, 0.2) is 36.7 Å². The van der Waals surface area contributed by atoms with Crippen molar-refractivity contribution >= 4 is 0 Å². The summed E-state index contributed by atoms with van der Waals surface area (Å²) in [6, 6.07) is 10.0. The predicted molar refractivity (Wildman–Crippen MR) is 67.4 cm³/mol. The van der Waals surface area contributed by atoms with Gasteiger partial charge in [-0.15, -0.1) is 10.2 Å². The molecule has 94 valence electrons. The number of nitrogens with one attached hydrogen (secondary N) is 1. The predicted octanol–water partition coefficient (Wildman–Crippen LogP) is 1.15. The number of rotatable bonds is 4. The fourth-order valence-electron chi connectivity index (χ4n) is 1.98. The maximum absolute atomic E-state index is 5.89. The summed E-state index contributed by atoms with van der Waals surface area (Å²) in [7, 11) is 0. The van der Waals surface area contributed by atoms with Crippen molar-refractivity contribution in [3.8, 4) is 5.69 Å². The van der Waals surface area contributed by atoms with Crippen LogP contribution in [0.1, 0.15) is 12.7 Å². The highest BCUT2D eigenvalue weighted by Crippen LogP contribution is 2.18. The maximum atomic E-state index is 5.89. The molecule has 3 rings (SSSR count). The van der Waals surface area contributed by atoms with Gasteiger partial charge in [-0.1, -0.05) is 18.2 Å². The quantitative estimate of drug-likeness (QED) is 0.876. The van der Waals surface area contributed by atoms with Crippen molar-refractivity contribution in [3.05, 3.63) is 42.5 Å². The molecule has 1 saturated heterocycles. The summed E-state index contributed by atoms with van der Waals surface area (Å²) < 4.78 is 7.84. The number of hydrogen-bond donors (Lipinski definition) is 1. The van der Waals surface area contributed by atoms with Gasteiger partial charge in [-0.3, -0.25) is 4.57 Å². The highest BCUT2D eigenvalue weighted by atomic mass is 16.5. The molecule has 2 heterocycles. The van der Waals surface area contributed by atoms with Gasteiger partial charge in [0, 0.05) is 18.8 Å². The molecule has 0 saturated carbocycles. The van der Waals surface area contributed by atoms with Crippen LogP contribution < -0.4 is 5.32 Å². The zero-order chi connectivity index (χ0) is 12.4. The molecule has 1 aromatic carbocycles. The zero-order valence-corrected chi connectivity index (χ0v) is 10.3. The molecule has 0 radical (unpaired) electrons. The van der Waals surface area contributed by atoms with E-state index in [4.69, 9.17) is 4.74 Å². The van der Waals surface area contributed by atoms with Crippen molar-refractivity contribution in [2.75, 3.05) is 13.1 Å². The Balaban J connectivity index is 1.75. The standard InChI is InChI=1S/C13H16N4O/c1-13(8-14-9-13)18-7-12-16-15-10-17(12)11-5-3-2-4-6-11/h2-6,10,14H,7-9H2,1H3. The second-order valence-corrected chi connectivity index (χ2v) is 4.79. The van der Waals surface area contributed by atoms with Crippen molar-refractivity contribution < 1.29 is 4.74 Å². The van der Waals surface area contributed by atoms with Crippen molar-refractivity contribution in [2.45, 2.75) is 19.1 Å². The SMILES string of the molecule is CC1(OCc2nncn2-c2ccccc2)CNC1. The van der Waals surface area contributed by atoms with Gasteiger partial charge in [0.25, 0.3) is 0 Å². The van der Waals surface area contributed by atoms with Gasteiger partial charge in [0.1, 0.15) is 12.9 Å². The van der Waals surface area contributed by atoms with E-state index in [0.717, 1.165) is 24.6 Å². The normalized spacial score (nSPS) is 17.4. The molecule has 1 aliphatic rings. The van der Waals surface area contributed by atoms with Crippen LogP contribution in [-0.2, 0) is 11.3 Å². The molecule has 18 heavy (non-hydrogen) atoms. The van der Waals surface area contributed by atoms with E-state index in [0.29, 0.717) is 6.61 Å². The molecule has 1 fully saturated rings. The summed E-state index contributed by atoms with van der Waals surface area (Å²) in [5, 5.41) is 11.3. The van der Waals surface area contributed by atoms with Gasteiger partial charge in [-0.25, -0.2) is 0 Å². The molecule has 0 unspecified atom stereocenters. The third kappa shape index (κ3) is 2.14. The van der Waals surface area contributed by atoms with Crippen LogP contribution in [0.2, 0.25) is 0 Å². The molecule has 0 spiro atoms. The van der Waals surface area contributed by atoms with E-state index in [1.807, 2.05) is 34.9 Å². The Kier molecular flexibility index (Phi) is 2.85. The monoisotopic (exact) mass is 244 g/mol. The summed E-state index contributed by atoms with van der Waals surface area (Å²) in [4.78, 5) is 0. The number of para-hydroxylation sites is 1. The van der Waals surface area contributed by atoms with E-state index < -0.39 is 0 Å². The molecule has 5 heteroatoms. The van der Waals surface area contributed by atoms with Crippen molar-refractivity contribution in [2.24, 2.45) is 0 Å². The lowest BCUT2D eigenvalue weighted by atomic mass is 10.0. The van der Waals surface area contributed by atoms with Gasteiger partial charge in [0.15, 0.2) is 5.82 Å². The molecule has 1 aromatic heterocycles. The Morgan fingerprint density at radius 1 is 1.33 bits per heavy atom. The Labute approximate surface area is 106 Å². The van der Waals surface area contributed by atoms with Crippen LogP contribution in [-0.4, -0.2) is 33.5 Å². The fraction of sp³-hybridized carbons (Fsp3) is 0.385. The highest BCUT2D eigenvalue weighted by Gasteiger charge is 2.32. The maximum Gasteiger partial charge on any atom is 0.163 e. The van der Waals surface area contributed by atoms with Gasteiger partial charge in [-0.2, -0.15) is 0 Å². The average Bonchev–Trinajstić information content (AvgIpc) is 2.83. The van der Waals surface area contributed by atoms with Crippen molar-refractivity contribution in [1.82, 2.24) is 20.1 Å². The van der Waals surface area contributed by atoms with Gasteiger partial charge in [0.2, 0.25) is 0 Å².